The largest absolute Gasteiger partial charge is 0.368 e. The molecule has 0 saturated carbocycles. The molecule has 1 aliphatic heterocycles. The van der Waals surface area contributed by atoms with E-state index in [1.165, 1.54) is 6.07 Å². The SMILES string of the molecule is Cc1ccc(Cl)cc1N1CCN(C(=O)C(NS(=O)(=O)c2ccc(Br)s2)c2ccccc2)CC1. The summed E-state index contributed by atoms with van der Waals surface area (Å²) in [5.74, 6) is -0.261. The molecule has 2 aromatic carbocycles. The number of nitrogens with zero attached hydrogens (tertiary/aromatic N) is 2. The molecule has 1 saturated heterocycles. The molecule has 0 radical (unpaired) electrons. The van der Waals surface area contributed by atoms with E-state index in [-0.39, 0.29) is 10.1 Å². The van der Waals surface area contributed by atoms with Crippen molar-refractivity contribution in [3.63, 3.8) is 0 Å². The van der Waals surface area contributed by atoms with E-state index in [1.807, 2.05) is 31.2 Å². The predicted octanol–water partition coefficient (Wildman–Crippen LogP) is 4.84. The average molecular weight is 569 g/mol. The molecule has 1 fully saturated rings. The van der Waals surface area contributed by atoms with E-state index in [0.717, 1.165) is 22.6 Å². The molecule has 1 aliphatic rings. The third-order valence-corrected chi connectivity index (χ3v) is 9.34. The molecule has 1 atom stereocenters. The van der Waals surface area contributed by atoms with Gasteiger partial charge in [0.1, 0.15) is 10.3 Å². The molecular weight excluding hydrogens is 546 g/mol. The number of hydrogen-bond acceptors (Lipinski definition) is 5. The molecule has 0 bridgehead atoms. The number of piperazine rings is 1. The van der Waals surface area contributed by atoms with E-state index < -0.39 is 16.1 Å². The molecule has 1 N–H and O–H groups in total. The minimum absolute atomic E-state index is 0.157. The number of carbonyl (C=O) groups excluding carboxylic acids is 1. The van der Waals surface area contributed by atoms with E-state index in [4.69, 9.17) is 11.6 Å². The predicted molar refractivity (Wildman–Crippen MR) is 137 cm³/mol. The summed E-state index contributed by atoms with van der Waals surface area (Å²) in [6.45, 7) is 4.28. The van der Waals surface area contributed by atoms with Crippen LogP contribution in [0, 0.1) is 6.92 Å². The maximum Gasteiger partial charge on any atom is 0.251 e. The lowest BCUT2D eigenvalue weighted by Crippen LogP contribution is -2.52. The number of halogens is 2. The number of rotatable bonds is 6. The number of hydrogen-bond donors (Lipinski definition) is 1. The summed E-state index contributed by atoms with van der Waals surface area (Å²) in [7, 11) is -3.87. The Kier molecular flexibility index (Phi) is 7.45. The Morgan fingerprint density at radius 2 is 1.76 bits per heavy atom. The van der Waals surface area contributed by atoms with Gasteiger partial charge in [-0.3, -0.25) is 4.79 Å². The normalized spacial score (nSPS) is 15.5. The van der Waals surface area contributed by atoms with Crippen LogP contribution in [0.3, 0.4) is 0 Å². The van der Waals surface area contributed by atoms with Crippen LogP contribution in [-0.4, -0.2) is 45.4 Å². The van der Waals surface area contributed by atoms with Gasteiger partial charge in [0.25, 0.3) is 10.0 Å². The summed E-state index contributed by atoms with van der Waals surface area (Å²) in [5.41, 5.74) is 2.78. The maximum absolute atomic E-state index is 13.5. The third-order valence-electron chi connectivity index (χ3n) is 5.57. The molecule has 1 aromatic heterocycles. The highest BCUT2D eigenvalue weighted by Crippen LogP contribution is 2.29. The van der Waals surface area contributed by atoms with Crippen LogP contribution in [0.25, 0.3) is 0 Å². The number of sulfonamides is 1. The number of carbonyl (C=O) groups is 1. The van der Waals surface area contributed by atoms with Crippen molar-refractivity contribution >= 4 is 60.5 Å². The molecule has 1 amide bonds. The second kappa shape index (κ2) is 10.1. The Hall–Kier alpha value is -1.91. The zero-order chi connectivity index (χ0) is 23.6. The Bertz CT molecular complexity index is 1240. The Morgan fingerprint density at radius 1 is 1.06 bits per heavy atom. The van der Waals surface area contributed by atoms with E-state index in [2.05, 4.69) is 25.6 Å². The fourth-order valence-corrected chi connectivity index (χ4v) is 7.21. The first kappa shape index (κ1) is 24.2. The lowest BCUT2D eigenvalue weighted by Gasteiger charge is -2.38. The van der Waals surface area contributed by atoms with Gasteiger partial charge in [0, 0.05) is 36.9 Å². The summed E-state index contributed by atoms with van der Waals surface area (Å²) < 4.78 is 29.5. The van der Waals surface area contributed by atoms with Gasteiger partial charge in [-0.15, -0.1) is 11.3 Å². The van der Waals surface area contributed by atoms with Gasteiger partial charge >= 0.3 is 0 Å². The van der Waals surface area contributed by atoms with E-state index >= 15 is 0 Å². The lowest BCUT2D eigenvalue weighted by molar-refractivity contribution is -0.133. The average Bonchev–Trinajstić information content (AvgIpc) is 3.27. The van der Waals surface area contributed by atoms with Crippen molar-refractivity contribution in [2.45, 2.75) is 17.2 Å². The van der Waals surface area contributed by atoms with Crippen LogP contribution < -0.4 is 9.62 Å². The molecule has 174 valence electrons. The highest BCUT2D eigenvalue weighted by molar-refractivity contribution is 9.11. The minimum atomic E-state index is -3.87. The molecular formula is C23H23BrClN3O3S2. The van der Waals surface area contributed by atoms with Crippen molar-refractivity contribution in [2.24, 2.45) is 0 Å². The Labute approximate surface area is 211 Å². The molecule has 10 heteroatoms. The van der Waals surface area contributed by atoms with Crippen LogP contribution in [0.4, 0.5) is 5.69 Å². The first-order valence-electron chi connectivity index (χ1n) is 10.4. The number of thiophene rings is 1. The quantitative estimate of drug-likeness (QED) is 0.462. The van der Waals surface area contributed by atoms with Gasteiger partial charge in [-0.2, -0.15) is 4.72 Å². The van der Waals surface area contributed by atoms with E-state index in [9.17, 15) is 13.2 Å². The van der Waals surface area contributed by atoms with Gasteiger partial charge in [0.05, 0.1) is 3.79 Å². The Morgan fingerprint density at radius 3 is 2.39 bits per heavy atom. The first-order chi connectivity index (χ1) is 15.7. The van der Waals surface area contributed by atoms with Crippen molar-refractivity contribution in [2.75, 3.05) is 31.1 Å². The second-order valence-corrected chi connectivity index (χ2v) is 12.6. The smallest absolute Gasteiger partial charge is 0.251 e. The fourth-order valence-electron chi connectivity index (χ4n) is 3.84. The number of benzene rings is 2. The molecule has 6 nitrogen and oxygen atoms in total. The van der Waals surface area contributed by atoms with E-state index in [1.54, 1.807) is 35.2 Å². The van der Waals surface area contributed by atoms with E-state index in [0.29, 0.717) is 40.6 Å². The lowest BCUT2D eigenvalue weighted by atomic mass is 10.1. The summed E-state index contributed by atoms with van der Waals surface area (Å²) in [6.07, 6.45) is 0. The number of anilines is 1. The van der Waals surface area contributed by atoms with Gasteiger partial charge < -0.3 is 9.80 Å². The molecule has 2 heterocycles. The van der Waals surface area contributed by atoms with Gasteiger partial charge in [-0.25, -0.2) is 8.42 Å². The minimum Gasteiger partial charge on any atom is -0.368 e. The summed E-state index contributed by atoms with van der Waals surface area (Å²) in [4.78, 5) is 17.5. The topological polar surface area (TPSA) is 69.7 Å². The number of nitrogens with one attached hydrogen (secondary N) is 1. The molecule has 33 heavy (non-hydrogen) atoms. The summed E-state index contributed by atoms with van der Waals surface area (Å²) in [5, 5.41) is 0.674. The van der Waals surface area contributed by atoms with Gasteiger partial charge in [0.2, 0.25) is 5.91 Å². The summed E-state index contributed by atoms with van der Waals surface area (Å²) >= 11 is 10.6. The van der Waals surface area contributed by atoms with Gasteiger partial charge in [-0.1, -0.05) is 48.0 Å². The fraction of sp³-hybridized carbons (Fsp3) is 0.261. The molecule has 1 unspecified atom stereocenters. The van der Waals surface area contributed by atoms with Crippen molar-refractivity contribution in [1.82, 2.24) is 9.62 Å². The first-order valence-corrected chi connectivity index (χ1v) is 13.8. The zero-order valence-electron chi connectivity index (χ0n) is 17.9. The monoisotopic (exact) mass is 567 g/mol. The highest BCUT2D eigenvalue weighted by Gasteiger charge is 2.33. The molecule has 3 aromatic rings. The molecule has 0 aliphatic carbocycles. The highest BCUT2D eigenvalue weighted by atomic mass is 79.9. The van der Waals surface area contributed by atoms with Crippen LogP contribution >= 0.6 is 38.9 Å². The Balaban J connectivity index is 1.53. The second-order valence-electron chi connectivity index (χ2n) is 7.77. The number of amides is 1. The van der Waals surface area contributed by atoms with Crippen LogP contribution in [-0.2, 0) is 14.8 Å². The van der Waals surface area contributed by atoms with Crippen LogP contribution in [0.1, 0.15) is 17.2 Å². The van der Waals surface area contributed by atoms with Crippen LogP contribution in [0.2, 0.25) is 5.02 Å². The zero-order valence-corrected chi connectivity index (χ0v) is 21.8. The van der Waals surface area contributed by atoms with Crippen molar-refractivity contribution in [3.8, 4) is 0 Å². The molecule has 0 spiro atoms. The number of aryl methyl sites for hydroxylation is 1. The van der Waals surface area contributed by atoms with Gasteiger partial charge in [0.15, 0.2) is 0 Å². The maximum atomic E-state index is 13.5. The van der Waals surface area contributed by atoms with Crippen LogP contribution in [0.15, 0.2) is 68.7 Å². The van der Waals surface area contributed by atoms with Crippen molar-refractivity contribution < 1.29 is 13.2 Å². The third kappa shape index (κ3) is 5.60. The van der Waals surface area contributed by atoms with Crippen LogP contribution in [0.5, 0.6) is 0 Å². The van der Waals surface area contributed by atoms with Crippen molar-refractivity contribution in [3.05, 3.63) is 80.6 Å². The molecule has 4 rings (SSSR count). The van der Waals surface area contributed by atoms with Crippen molar-refractivity contribution in [1.29, 1.82) is 0 Å². The van der Waals surface area contributed by atoms with Gasteiger partial charge in [-0.05, 0) is 58.2 Å². The summed E-state index contributed by atoms with van der Waals surface area (Å²) in [6, 6.07) is 16.9. The standard InChI is InChI=1S/C23H23BrClN3O3S2/c1-16-7-8-18(25)15-19(16)27-11-13-28(14-12-27)23(29)22(17-5-3-2-4-6-17)26-33(30,31)21-10-9-20(24)32-21/h2-10,15,22,26H,11-14H2,1H3.